The molecule has 4 atom stereocenters. The van der Waals surface area contributed by atoms with E-state index >= 15 is 0 Å². The summed E-state index contributed by atoms with van der Waals surface area (Å²) >= 11 is 0. The summed E-state index contributed by atoms with van der Waals surface area (Å²) < 4.78 is 13.2. The van der Waals surface area contributed by atoms with Crippen molar-refractivity contribution >= 4 is 0 Å². The van der Waals surface area contributed by atoms with Gasteiger partial charge in [-0.3, -0.25) is 0 Å². The summed E-state index contributed by atoms with van der Waals surface area (Å²) in [4.78, 5) is 0. The highest BCUT2D eigenvalue weighted by molar-refractivity contribution is 5.34. The Morgan fingerprint density at radius 2 is 2.21 bits per heavy atom. The van der Waals surface area contributed by atoms with Crippen molar-refractivity contribution in [3.63, 3.8) is 0 Å². The van der Waals surface area contributed by atoms with Gasteiger partial charge in [-0.15, -0.1) is 0 Å². The summed E-state index contributed by atoms with van der Waals surface area (Å²) in [5.41, 5.74) is 0.656. The van der Waals surface area contributed by atoms with Crippen LogP contribution in [0.5, 0.6) is 5.75 Å². The summed E-state index contributed by atoms with van der Waals surface area (Å²) in [5.74, 6) is 2.51. The average Bonchev–Trinajstić information content (AvgIpc) is 3.01. The molecular formula is C16H22FNO. The molecule has 2 bridgehead atoms. The van der Waals surface area contributed by atoms with E-state index in [1.807, 2.05) is 6.92 Å². The number of halogens is 1. The molecule has 0 aromatic heterocycles. The van der Waals surface area contributed by atoms with Gasteiger partial charge in [0, 0.05) is 11.6 Å². The van der Waals surface area contributed by atoms with Crippen LogP contribution in [0.25, 0.3) is 0 Å². The van der Waals surface area contributed by atoms with Gasteiger partial charge in [0.05, 0.1) is 0 Å². The van der Waals surface area contributed by atoms with E-state index in [2.05, 4.69) is 5.32 Å². The van der Waals surface area contributed by atoms with Crippen LogP contribution in [0.3, 0.4) is 0 Å². The number of aromatic hydroxyl groups is 1. The molecule has 0 aliphatic heterocycles. The molecule has 19 heavy (non-hydrogen) atoms. The topological polar surface area (TPSA) is 32.3 Å². The molecule has 0 spiro atoms. The monoisotopic (exact) mass is 263 g/mol. The molecule has 0 saturated heterocycles. The highest BCUT2D eigenvalue weighted by Crippen LogP contribution is 2.48. The molecule has 4 unspecified atom stereocenters. The minimum absolute atomic E-state index is 0.00479. The van der Waals surface area contributed by atoms with E-state index in [0.717, 1.165) is 24.3 Å². The average molecular weight is 263 g/mol. The van der Waals surface area contributed by atoms with Crippen LogP contribution in [-0.4, -0.2) is 11.7 Å². The summed E-state index contributed by atoms with van der Waals surface area (Å²) in [6.45, 7) is 2.97. The molecule has 2 saturated carbocycles. The van der Waals surface area contributed by atoms with E-state index in [0.29, 0.717) is 5.56 Å². The molecule has 3 heteroatoms. The number of phenols is 1. The molecule has 2 fully saturated rings. The Morgan fingerprint density at radius 3 is 2.89 bits per heavy atom. The van der Waals surface area contributed by atoms with Crippen LogP contribution in [0.2, 0.25) is 0 Å². The maximum Gasteiger partial charge on any atom is 0.123 e. The molecule has 2 aliphatic carbocycles. The number of benzene rings is 1. The first-order chi connectivity index (χ1) is 9.13. The van der Waals surface area contributed by atoms with Crippen molar-refractivity contribution in [2.75, 3.05) is 6.54 Å². The Morgan fingerprint density at radius 1 is 1.37 bits per heavy atom. The second-order valence-corrected chi connectivity index (χ2v) is 6.27. The Balaban J connectivity index is 1.59. The van der Waals surface area contributed by atoms with E-state index in [-0.39, 0.29) is 17.6 Å². The van der Waals surface area contributed by atoms with Crippen molar-refractivity contribution in [1.29, 1.82) is 0 Å². The first-order valence-corrected chi connectivity index (χ1v) is 7.35. The van der Waals surface area contributed by atoms with Crippen molar-refractivity contribution in [2.45, 2.75) is 38.6 Å². The smallest absolute Gasteiger partial charge is 0.123 e. The third-order valence-electron chi connectivity index (χ3n) is 5.03. The van der Waals surface area contributed by atoms with Crippen LogP contribution in [0.15, 0.2) is 18.2 Å². The van der Waals surface area contributed by atoms with E-state index in [1.54, 1.807) is 0 Å². The number of rotatable bonds is 4. The molecule has 1 aromatic carbocycles. The Kier molecular flexibility index (Phi) is 3.48. The van der Waals surface area contributed by atoms with Crippen molar-refractivity contribution < 1.29 is 9.50 Å². The fourth-order valence-electron chi connectivity index (χ4n) is 3.94. The lowest BCUT2D eigenvalue weighted by atomic mass is 9.88. The Bertz CT molecular complexity index is 462. The predicted octanol–water partition coefficient (Wildman–Crippen LogP) is 3.62. The van der Waals surface area contributed by atoms with E-state index in [1.165, 1.54) is 43.9 Å². The molecule has 0 amide bonds. The molecule has 3 rings (SSSR count). The van der Waals surface area contributed by atoms with Gasteiger partial charge in [-0.05, 0) is 68.7 Å². The number of hydrogen-bond acceptors (Lipinski definition) is 2. The molecule has 0 heterocycles. The Hall–Kier alpha value is -1.09. The lowest BCUT2D eigenvalue weighted by molar-refractivity contribution is 0.308. The first kappa shape index (κ1) is 12.9. The van der Waals surface area contributed by atoms with Gasteiger partial charge in [0.25, 0.3) is 0 Å². The number of hydrogen-bond donors (Lipinski definition) is 2. The lowest BCUT2D eigenvalue weighted by Crippen LogP contribution is -2.28. The molecule has 104 valence electrons. The molecule has 0 radical (unpaired) electrons. The van der Waals surface area contributed by atoms with Crippen molar-refractivity contribution in [2.24, 2.45) is 17.8 Å². The van der Waals surface area contributed by atoms with Crippen molar-refractivity contribution in [3.05, 3.63) is 29.6 Å². The molecule has 2 N–H and O–H groups in total. The highest BCUT2D eigenvalue weighted by Gasteiger charge is 2.39. The first-order valence-electron chi connectivity index (χ1n) is 7.35. The van der Waals surface area contributed by atoms with Gasteiger partial charge in [0.15, 0.2) is 0 Å². The van der Waals surface area contributed by atoms with Crippen LogP contribution in [-0.2, 0) is 0 Å². The molecule has 1 aromatic rings. The predicted molar refractivity (Wildman–Crippen MR) is 73.4 cm³/mol. The van der Waals surface area contributed by atoms with Crippen LogP contribution in [0.1, 0.15) is 44.2 Å². The minimum Gasteiger partial charge on any atom is -0.508 e. The second-order valence-electron chi connectivity index (χ2n) is 6.27. The normalized spacial score (nSPS) is 30.7. The van der Waals surface area contributed by atoms with E-state index in [4.69, 9.17) is 0 Å². The zero-order chi connectivity index (χ0) is 13.4. The fraction of sp³-hybridized carbons (Fsp3) is 0.625. The fourth-order valence-corrected chi connectivity index (χ4v) is 3.94. The maximum atomic E-state index is 13.2. The largest absolute Gasteiger partial charge is 0.508 e. The van der Waals surface area contributed by atoms with Gasteiger partial charge in [-0.1, -0.05) is 6.42 Å². The van der Waals surface area contributed by atoms with Crippen molar-refractivity contribution in [1.82, 2.24) is 5.32 Å². The SMILES string of the molecule is CC(NCC1CC2CCC1C2)c1cc(F)ccc1O. The number of phenolic OH excluding ortho intramolecular Hbond substituents is 1. The summed E-state index contributed by atoms with van der Waals surface area (Å²) in [7, 11) is 0. The number of fused-ring (bicyclic) bond motifs is 2. The summed E-state index contributed by atoms with van der Waals surface area (Å²) in [5, 5.41) is 13.3. The lowest BCUT2D eigenvalue weighted by Gasteiger charge is -2.24. The minimum atomic E-state index is -0.290. The van der Waals surface area contributed by atoms with Crippen LogP contribution >= 0.6 is 0 Å². The number of nitrogens with one attached hydrogen (secondary N) is 1. The van der Waals surface area contributed by atoms with Gasteiger partial charge in [-0.25, -0.2) is 4.39 Å². The van der Waals surface area contributed by atoms with Crippen molar-refractivity contribution in [3.8, 4) is 5.75 Å². The third-order valence-corrected chi connectivity index (χ3v) is 5.03. The summed E-state index contributed by atoms with van der Waals surface area (Å²) in [6.07, 6.45) is 5.56. The molecular weight excluding hydrogens is 241 g/mol. The van der Waals surface area contributed by atoms with Gasteiger partial charge in [0.2, 0.25) is 0 Å². The van der Waals surface area contributed by atoms with Gasteiger partial charge in [-0.2, -0.15) is 0 Å². The van der Waals surface area contributed by atoms with Gasteiger partial charge < -0.3 is 10.4 Å². The molecule has 2 nitrogen and oxygen atoms in total. The standard InChI is InChI=1S/C16H22FNO/c1-10(15-8-14(17)4-5-16(15)19)18-9-13-7-11-2-3-12(13)6-11/h4-5,8,10-13,18-19H,2-3,6-7,9H2,1H3. The van der Waals surface area contributed by atoms with Crippen LogP contribution in [0.4, 0.5) is 4.39 Å². The zero-order valence-electron chi connectivity index (χ0n) is 11.4. The highest BCUT2D eigenvalue weighted by atomic mass is 19.1. The second kappa shape index (κ2) is 5.12. The Labute approximate surface area is 114 Å². The zero-order valence-corrected chi connectivity index (χ0v) is 11.4. The third kappa shape index (κ3) is 2.62. The maximum absolute atomic E-state index is 13.2. The summed E-state index contributed by atoms with van der Waals surface area (Å²) in [6, 6.07) is 4.14. The van der Waals surface area contributed by atoms with Crippen LogP contribution < -0.4 is 5.32 Å². The quantitative estimate of drug-likeness (QED) is 0.869. The van der Waals surface area contributed by atoms with E-state index < -0.39 is 0 Å². The molecule has 2 aliphatic rings. The van der Waals surface area contributed by atoms with E-state index in [9.17, 15) is 9.50 Å². The van der Waals surface area contributed by atoms with Gasteiger partial charge >= 0.3 is 0 Å². The van der Waals surface area contributed by atoms with Crippen LogP contribution in [0, 0.1) is 23.6 Å². The van der Waals surface area contributed by atoms with Gasteiger partial charge in [0.1, 0.15) is 11.6 Å².